The van der Waals surface area contributed by atoms with Crippen LogP contribution in [0.25, 0.3) is 0 Å². The van der Waals surface area contributed by atoms with Crippen molar-refractivity contribution in [1.82, 2.24) is 0 Å². The fraction of sp³-hybridized carbons (Fsp3) is 0.750. The molecule has 0 radical (unpaired) electrons. The zero-order valence-corrected chi connectivity index (χ0v) is 43.4. The summed E-state index contributed by atoms with van der Waals surface area (Å²) in [6.45, 7) is 6.46. The SMILES string of the molecule is CC/C=C\C/C=C\C/C=C\C/C=C\CCCCCCCCC(=O)OCC(COC(=O)CCCCCCC/C=C\C/C=C\CCC)OC(=O)CCCCCCCCCCCCCCCCCC. The Morgan fingerprint density at radius 2 is 0.621 bits per heavy atom. The van der Waals surface area contributed by atoms with E-state index < -0.39 is 6.10 Å². The summed E-state index contributed by atoms with van der Waals surface area (Å²) in [6, 6.07) is 0. The molecule has 0 rings (SSSR count). The second kappa shape index (κ2) is 54.5. The first-order chi connectivity index (χ1) is 32.5. The van der Waals surface area contributed by atoms with Crippen LogP contribution in [-0.4, -0.2) is 37.2 Å². The van der Waals surface area contributed by atoms with Crippen LogP contribution in [0.4, 0.5) is 0 Å². The lowest BCUT2D eigenvalue weighted by Crippen LogP contribution is -2.30. The topological polar surface area (TPSA) is 78.9 Å². The van der Waals surface area contributed by atoms with Crippen molar-refractivity contribution in [3.05, 3.63) is 72.9 Å². The molecule has 1 unspecified atom stereocenters. The molecule has 6 heteroatoms. The molecule has 6 nitrogen and oxygen atoms in total. The number of allylic oxidation sites excluding steroid dienone is 12. The van der Waals surface area contributed by atoms with E-state index >= 15 is 0 Å². The van der Waals surface area contributed by atoms with Crippen molar-refractivity contribution in [2.24, 2.45) is 0 Å². The van der Waals surface area contributed by atoms with Gasteiger partial charge in [0.15, 0.2) is 6.10 Å². The maximum atomic E-state index is 12.8. The Morgan fingerprint density at radius 1 is 0.318 bits per heavy atom. The molecule has 66 heavy (non-hydrogen) atoms. The van der Waals surface area contributed by atoms with E-state index in [-0.39, 0.29) is 31.1 Å². The Morgan fingerprint density at radius 3 is 0.985 bits per heavy atom. The molecule has 1 atom stereocenters. The number of carbonyl (C=O) groups is 3. The third-order valence-electron chi connectivity index (χ3n) is 11.9. The molecule has 0 aromatic heterocycles. The van der Waals surface area contributed by atoms with Gasteiger partial charge in [0.05, 0.1) is 0 Å². The maximum absolute atomic E-state index is 12.8. The van der Waals surface area contributed by atoms with Crippen LogP contribution in [-0.2, 0) is 28.6 Å². The number of hydrogen-bond acceptors (Lipinski definition) is 6. The number of hydrogen-bond donors (Lipinski definition) is 0. The van der Waals surface area contributed by atoms with E-state index in [4.69, 9.17) is 14.2 Å². The van der Waals surface area contributed by atoms with Gasteiger partial charge in [-0.3, -0.25) is 14.4 Å². The summed E-state index contributed by atoms with van der Waals surface area (Å²) in [7, 11) is 0. The summed E-state index contributed by atoms with van der Waals surface area (Å²) < 4.78 is 16.8. The van der Waals surface area contributed by atoms with Gasteiger partial charge in [-0.2, -0.15) is 0 Å². The first kappa shape index (κ1) is 62.8. The molecule has 0 saturated heterocycles. The van der Waals surface area contributed by atoms with E-state index in [2.05, 4.69) is 93.7 Å². The zero-order chi connectivity index (χ0) is 47.9. The van der Waals surface area contributed by atoms with Gasteiger partial charge in [0.2, 0.25) is 0 Å². The van der Waals surface area contributed by atoms with Gasteiger partial charge in [-0.05, 0) is 83.5 Å². The molecular weight excluding hydrogens is 817 g/mol. The number of carbonyl (C=O) groups excluding carboxylic acids is 3. The maximum Gasteiger partial charge on any atom is 0.306 e. The van der Waals surface area contributed by atoms with Gasteiger partial charge in [-0.25, -0.2) is 0 Å². The predicted molar refractivity (Wildman–Crippen MR) is 284 cm³/mol. The van der Waals surface area contributed by atoms with Crippen LogP contribution in [0.2, 0.25) is 0 Å². The van der Waals surface area contributed by atoms with Crippen LogP contribution in [0.5, 0.6) is 0 Å². The van der Waals surface area contributed by atoms with Crippen molar-refractivity contribution in [2.75, 3.05) is 13.2 Å². The van der Waals surface area contributed by atoms with Gasteiger partial charge in [0.1, 0.15) is 13.2 Å². The van der Waals surface area contributed by atoms with Gasteiger partial charge in [-0.1, -0.05) is 241 Å². The minimum Gasteiger partial charge on any atom is -0.462 e. The van der Waals surface area contributed by atoms with Crippen molar-refractivity contribution in [3.63, 3.8) is 0 Å². The molecule has 0 heterocycles. The number of rotatable bonds is 50. The molecule has 0 bridgehead atoms. The third kappa shape index (κ3) is 51.8. The number of ether oxygens (including phenoxy) is 3. The second-order valence-electron chi connectivity index (χ2n) is 18.5. The van der Waals surface area contributed by atoms with E-state index in [0.29, 0.717) is 19.3 Å². The molecule has 380 valence electrons. The molecule has 0 aliphatic rings. The molecule has 0 aromatic rings. The predicted octanol–water partition coefficient (Wildman–Crippen LogP) is 18.6. The highest BCUT2D eigenvalue weighted by molar-refractivity contribution is 5.71. The first-order valence-corrected chi connectivity index (χ1v) is 27.9. The van der Waals surface area contributed by atoms with Crippen LogP contribution < -0.4 is 0 Å². The summed E-state index contributed by atoms with van der Waals surface area (Å²) in [5.41, 5.74) is 0. The Hall–Kier alpha value is -3.15. The fourth-order valence-corrected chi connectivity index (χ4v) is 7.77. The smallest absolute Gasteiger partial charge is 0.306 e. The minimum absolute atomic E-state index is 0.0856. The number of unbranched alkanes of at least 4 members (excludes halogenated alkanes) is 27. The Kier molecular flexibility index (Phi) is 51.9. The van der Waals surface area contributed by atoms with Crippen molar-refractivity contribution >= 4 is 17.9 Å². The van der Waals surface area contributed by atoms with E-state index in [1.807, 2.05) is 0 Å². The van der Waals surface area contributed by atoms with Crippen molar-refractivity contribution in [3.8, 4) is 0 Å². The Balaban J connectivity index is 4.39. The molecule has 0 amide bonds. The van der Waals surface area contributed by atoms with Gasteiger partial charge in [0, 0.05) is 19.3 Å². The highest BCUT2D eigenvalue weighted by Crippen LogP contribution is 2.16. The van der Waals surface area contributed by atoms with Crippen LogP contribution >= 0.6 is 0 Å². The van der Waals surface area contributed by atoms with Crippen LogP contribution in [0.15, 0.2) is 72.9 Å². The van der Waals surface area contributed by atoms with Crippen molar-refractivity contribution in [2.45, 2.75) is 277 Å². The lowest BCUT2D eigenvalue weighted by molar-refractivity contribution is -0.167. The molecule has 0 fully saturated rings. The lowest BCUT2D eigenvalue weighted by Gasteiger charge is -2.18. The van der Waals surface area contributed by atoms with Crippen molar-refractivity contribution < 1.29 is 28.6 Å². The molecule has 0 N–H and O–H groups in total. The normalized spacial score (nSPS) is 12.6. The molecular formula is C60H104O6. The van der Waals surface area contributed by atoms with E-state index in [9.17, 15) is 14.4 Å². The van der Waals surface area contributed by atoms with Gasteiger partial charge < -0.3 is 14.2 Å². The molecule has 0 saturated carbocycles. The van der Waals surface area contributed by atoms with Gasteiger partial charge >= 0.3 is 17.9 Å². The van der Waals surface area contributed by atoms with Crippen LogP contribution in [0.1, 0.15) is 271 Å². The highest BCUT2D eigenvalue weighted by Gasteiger charge is 2.19. The van der Waals surface area contributed by atoms with E-state index in [1.54, 1.807) is 0 Å². The monoisotopic (exact) mass is 921 g/mol. The molecule has 0 aliphatic carbocycles. The summed E-state index contributed by atoms with van der Waals surface area (Å²) in [5.74, 6) is -0.904. The molecule has 0 aromatic carbocycles. The van der Waals surface area contributed by atoms with Gasteiger partial charge in [-0.15, -0.1) is 0 Å². The Labute approximate surface area is 408 Å². The molecule has 0 spiro atoms. The minimum atomic E-state index is -0.785. The van der Waals surface area contributed by atoms with Crippen LogP contribution in [0, 0.1) is 0 Å². The standard InChI is InChI=1S/C60H104O6/c1-4-7-10-13-16-19-22-25-27-29-30-31-33-35-38-41-44-47-50-53-59(62)65-56-57(55-64-58(61)52-49-46-43-40-37-34-24-21-18-15-12-9-6-3)66-60(63)54-51-48-45-42-39-36-32-28-26-23-20-17-14-11-8-5-2/h7,10,12,15-16,19,21,24-25,27,30-31,57H,4-6,8-9,11,13-14,17-18,20,22-23,26,28-29,32-56H2,1-3H3/b10-7-,15-12-,19-16-,24-21-,27-25-,31-30-. The fourth-order valence-electron chi connectivity index (χ4n) is 7.77. The van der Waals surface area contributed by atoms with Gasteiger partial charge in [0.25, 0.3) is 0 Å². The second-order valence-corrected chi connectivity index (χ2v) is 18.5. The first-order valence-electron chi connectivity index (χ1n) is 27.9. The largest absolute Gasteiger partial charge is 0.462 e. The zero-order valence-electron chi connectivity index (χ0n) is 43.4. The summed E-state index contributed by atoms with van der Waals surface area (Å²) in [5, 5.41) is 0. The summed E-state index contributed by atoms with van der Waals surface area (Å²) in [6.07, 6.45) is 68.8. The lowest BCUT2D eigenvalue weighted by atomic mass is 10.0. The highest BCUT2D eigenvalue weighted by atomic mass is 16.6. The summed E-state index contributed by atoms with van der Waals surface area (Å²) >= 11 is 0. The Bertz CT molecular complexity index is 1240. The van der Waals surface area contributed by atoms with E-state index in [0.717, 1.165) is 116 Å². The number of esters is 3. The third-order valence-corrected chi connectivity index (χ3v) is 11.9. The van der Waals surface area contributed by atoms with Crippen molar-refractivity contribution in [1.29, 1.82) is 0 Å². The molecule has 0 aliphatic heterocycles. The summed E-state index contributed by atoms with van der Waals surface area (Å²) in [4.78, 5) is 38.1. The van der Waals surface area contributed by atoms with Crippen LogP contribution in [0.3, 0.4) is 0 Å². The van der Waals surface area contributed by atoms with E-state index in [1.165, 1.54) is 116 Å². The quantitative estimate of drug-likeness (QED) is 0.0262. The average Bonchev–Trinajstić information content (AvgIpc) is 3.31. The average molecular weight is 921 g/mol.